The molecule has 2 heterocycles. The molecule has 1 unspecified atom stereocenters. The number of aliphatic hydroxyl groups is 1. The molecular weight excluding hydrogens is 348 g/mol. The maximum Gasteiger partial charge on any atom is 0.243 e. The molecule has 0 saturated carbocycles. The van der Waals surface area contributed by atoms with Gasteiger partial charge in [-0.2, -0.15) is 4.31 Å². The molecule has 2 aromatic rings. The van der Waals surface area contributed by atoms with Crippen molar-refractivity contribution in [2.45, 2.75) is 17.5 Å². The summed E-state index contributed by atoms with van der Waals surface area (Å²) < 4.78 is 26.5. The monoisotopic (exact) mass is 366 g/mol. The van der Waals surface area contributed by atoms with Crippen molar-refractivity contribution in [1.29, 1.82) is 0 Å². The minimum absolute atomic E-state index is 0.0933. The van der Waals surface area contributed by atoms with Crippen molar-refractivity contribution < 1.29 is 18.3 Å². The highest BCUT2D eigenvalue weighted by Gasteiger charge is 2.34. The number of sulfonamides is 1. The number of benzene rings is 1. The van der Waals surface area contributed by atoms with Crippen LogP contribution in [0.25, 0.3) is 0 Å². The van der Waals surface area contributed by atoms with Gasteiger partial charge in [0.1, 0.15) is 0 Å². The molecule has 3 rings (SSSR count). The number of rotatable bonds is 4. The average molecular weight is 366 g/mol. The molecule has 0 spiro atoms. The lowest BCUT2D eigenvalue weighted by Crippen LogP contribution is -2.39. The molecule has 1 saturated heterocycles. The number of thiophene rings is 1. The van der Waals surface area contributed by atoms with E-state index in [2.05, 4.69) is 0 Å². The van der Waals surface area contributed by atoms with Gasteiger partial charge in [0.15, 0.2) is 0 Å². The lowest BCUT2D eigenvalue weighted by atomic mass is 10.3. The zero-order valence-electron chi connectivity index (χ0n) is 12.9. The van der Waals surface area contributed by atoms with E-state index in [0.717, 1.165) is 9.18 Å². The van der Waals surface area contributed by atoms with Crippen LogP contribution in [0.2, 0.25) is 0 Å². The van der Waals surface area contributed by atoms with Gasteiger partial charge in [0, 0.05) is 18.0 Å². The fourth-order valence-corrected chi connectivity index (χ4v) is 4.80. The van der Waals surface area contributed by atoms with E-state index < -0.39 is 16.1 Å². The topological polar surface area (TPSA) is 77.9 Å². The first kappa shape index (κ1) is 17.1. The van der Waals surface area contributed by atoms with Crippen LogP contribution in [-0.2, 0) is 21.4 Å². The Hall–Kier alpha value is -1.74. The highest BCUT2D eigenvalue weighted by molar-refractivity contribution is 7.89. The van der Waals surface area contributed by atoms with Crippen LogP contribution in [0.15, 0.2) is 52.7 Å². The molecule has 1 aliphatic rings. The molecule has 1 atom stereocenters. The Labute approximate surface area is 145 Å². The first-order valence-electron chi connectivity index (χ1n) is 7.50. The van der Waals surface area contributed by atoms with Gasteiger partial charge in [-0.05, 0) is 23.6 Å². The Morgan fingerprint density at radius 1 is 1.12 bits per heavy atom. The van der Waals surface area contributed by atoms with E-state index in [0.29, 0.717) is 6.54 Å². The zero-order chi connectivity index (χ0) is 17.2. The number of carbonyl (C=O) groups is 1. The summed E-state index contributed by atoms with van der Waals surface area (Å²) in [4.78, 5) is 15.1. The van der Waals surface area contributed by atoms with E-state index in [-0.39, 0.29) is 30.4 Å². The molecule has 1 N–H and O–H groups in total. The SMILES string of the molecule is O=C1CN(S(=O)(=O)c2ccccc2)CC(O)CN1Cc1cccs1. The first-order valence-corrected chi connectivity index (χ1v) is 9.82. The molecule has 1 fully saturated rings. The molecule has 8 heteroatoms. The summed E-state index contributed by atoms with van der Waals surface area (Å²) in [6.45, 7) is 0.147. The van der Waals surface area contributed by atoms with E-state index >= 15 is 0 Å². The smallest absolute Gasteiger partial charge is 0.243 e. The number of amides is 1. The largest absolute Gasteiger partial charge is 0.390 e. The highest BCUT2D eigenvalue weighted by Crippen LogP contribution is 2.20. The Morgan fingerprint density at radius 3 is 2.54 bits per heavy atom. The number of aliphatic hydroxyl groups excluding tert-OH is 1. The molecule has 1 aliphatic heterocycles. The normalized spacial score (nSPS) is 20.1. The van der Waals surface area contributed by atoms with Crippen LogP contribution in [0.4, 0.5) is 0 Å². The second-order valence-corrected chi connectivity index (χ2v) is 8.59. The predicted octanol–water partition coefficient (Wildman–Crippen LogP) is 1.14. The van der Waals surface area contributed by atoms with Crippen LogP contribution < -0.4 is 0 Å². The molecule has 1 amide bonds. The van der Waals surface area contributed by atoms with Gasteiger partial charge in [-0.15, -0.1) is 11.3 Å². The van der Waals surface area contributed by atoms with Crippen molar-refractivity contribution in [3.63, 3.8) is 0 Å². The average Bonchev–Trinajstić information content (AvgIpc) is 3.02. The van der Waals surface area contributed by atoms with Gasteiger partial charge >= 0.3 is 0 Å². The number of carbonyl (C=O) groups excluding carboxylic acids is 1. The van der Waals surface area contributed by atoms with Crippen molar-refractivity contribution >= 4 is 27.3 Å². The molecule has 6 nitrogen and oxygen atoms in total. The molecule has 1 aromatic carbocycles. The third kappa shape index (κ3) is 3.67. The van der Waals surface area contributed by atoms with Gasteiger partial charge in [0.25, 0.3) is 0 Å². The lowest BCUT2D eigenvalue weighted by molar-refractivity contribution is -0.131. The Morgan fingerprint density at radius 2 is 1.88 bits per heavy atom. The van der Waals surface area contributed by atoms with Crippen LogP contribution in [0, 0.1) is 0 Å². The van der Waals surface area contributed by atoms with E-state index in [1.54, 1.807) is 18.2 Å². The molecule has 0 radical (unpaired) electrons. The number of nitrogens with zero attached hydrogens (tertiary/aromatic N) is 2. The van der Waals surface area contributed by atoms with Crippen molar-refractivity contribution in [2.24, 2.45) is 0 Å². The Bertz CT molecular complexity index is 791. The summed E-state index contributed by atoms with van der Waals surface area (Å²) in [6, 6.07) is 11.8. The zero-order valence-corrected chi connectivity index (χ0v) is 14.5. The van der Waals surface area contributed by atoms with E-state index in [1.807, 2.05) is 17.5 Å². The van der Waals surface area contributed by atoms with Crippen molar-refractivity contribution in [3.05, 3.63) is 52.7 Å². The van der Waals surface area contributed by atoms with Crippen LogP contribution in [-0.4, -0.2) is 54.4 Å². The summed E-state index contributed by atoms with van der Waals surface area (Å²) in [6.07, 6.45) is -0.921. The van der Waals surface area contributed by atoms with Crippen LogP contribution in [0.5, 0.6) is 0 Å². The maximum absolute atomic E-state index is 12.7. The van der Waals surface area contributed by atoms with Gasteiger partial charge < -0.3 is 10.0 Å². The van der Waals surface area contributed by atoms with Crippen LogP contribution in [0.1, 0.15) is 4.88 Å². The van der Waals surface area contributed by atoms with Gasteiger partial charge in [-0.25, -0.2) is 8.42 Å². The maximum atomic E-state index is 12.7. The van der Waals surface area contributed by atoms with Gasteiger partial charge in [-0.1, -0.05) is 24.3 Å². The molecule has 1 aromatic heterocycles. The molecular formula is C16H18N2O4S2. The van der Waals surface area contributed by atoms with Crippen LogP contribution >= 0.6 is 11.3 Å². The fraction of sp³-hybridized carbons (Fsp3) is 0.312. The van der Waals surface area contributed by atoms with Crippen molar-refractivity contribution in [3.8, 4) is 0 Å². The third-order valence-electron chi connectivity index (χ3n) is 3.82. The predicted molar refractivity (Wildman–Crippen MR) is 90.9 cm³/mol. The van der Waals surface area contributed by atoms with Crippen molar-refractivity contribution in [1.82, 2.24) is 9.21 Å². The molecule has 128 valence electrons. The van der Waals surface area contributed by atoms with Crippen molar-refractivity contribution in [2.75, 3.05) is 19.6 Å². The fourth-order valence-electron chi connectivity index (χ4n) is 2.63. The standard InChI is InChI=1S/C16H18N2O4S2/c19-13-9-17(11-14-5-4-8-23-14)16(20)12-18(10-13)24(21,22)15-6-2-1-3-7-15/h1-8,13,19H,9-12H2. The molecule has 0 aliphatic carbocycles. The van der Waals surface area contributed by atoms with E-state index in [4.69, 9.17) is 0 Å². The number of β-amino-alcohol motifs (C(OH)–C–C–N with tert-alkyl or cyclic N) is 1. The Balaban J connectivity index is 1.81. The second kappa shape index (κ2) is 7.02. The quantitative estimate of drug-likeness (QED) is 0.880. The number of hydrogen-bond acceptors (Lipinski definition) is 5. The van der Waals surface area contributed by atoms with E-state index in [1.165, 1.54) is 28.4 Å². The summed E-state index contributed by atoms with van der Waals surface area (Å²) in [5.41, 5.74) is 0. The van der Waals surface area contributed by atoms with E-state index in [9.17, 15) is 18.3 Å². The molecule has 24 heavy (non-hydrogen) atoms. The van der Waals surface area contributed by atoms with Gasteiger partial charge in [-0.3, -0.25) is 4.79 Å². The first-order chi connectivity index (χ1) is 11.5. The second-order valence-electron chi connectivity index (χ2n) is 5.62. The summed E-state index contributed by atoms with van der Waals surface area (Å²) in [5.74, 6) is -0.306. The summed E-state index contributed by atoms with van der Waals surface area (Å²) in [5, 5.41) is 12.1. The number of hydrogen-bond donors (Lipinski definition) is 1. The minimum atomic E-state index is -3.81. The minimum Gasteiger partial charge on any atom is -0.390 e. The Kier molecular flexibility index (Phi) is 5.00. The summed E-state index contributed by atoms with van der Waals surface area (Å²) >= 11 is 1.52. The van der Waals surface area contributed by atoms with Crippen LogP contribution in [0.3, 0.4) is 0 Å². The third-order valence-corrected chi connectivity index (χ3v) is 6.50. The highest BCUT2D eigenvalue weighted by atomic mass is 32.2. The lowest BCUT2D eigenvalue weighted by Gasteiger charge is -2.21. The summed E-state index contributed by atoms with van der Waals surface area (Å²) in [7, 11) is -3.81. The molecule has 0 bridgehead atoms. The van der Waals surface area contributed by atoms with Gasteiger partial charge in [0.05, 0.1) is 24.1 Å². The van der Waals surface area contributed by atoms with Gasteiger partial charge in [0.2, 0.25) is 15.9 Å².